The van der Waals surface area contributed by atoms with Crippen molar-refractivity contribution in [2.45, 2.75) is 33.4 Å². The molecule has 0 saturated carbocycles. The quantitative estimate of drug-likeness (QED) is 0.619. The third-order valence-electron chi connectivity index (χ3n) is 2.64. The molecule has 0 heterocycles. The largest absolute Gasteiger partial charge is 0.493 e. The lowest BCUT2D eigenvalue weighted by molar-refractivity contribution is 0.310. The molecule has 5 nitrogen and oxygen atoms in total. The first-order valence-corrected chi connectivity index (χ1v) is 6.87. The summed E-state index contributed by atoms with van der Waals surface area (Å²) in [5.41, 5.74) is 1.11. The van der Waals surface area contributed by atoms with Crippen LogP contribution in [0.4, 0.5) is 0 Å². The number of aliphatic imine (C=N–C) groups is 1. The Morgan fingerprint density at radius 3 is 2.60 bits per heavy atom. The summed E-state index contributed by atoms with van der Waals surface area (Å²) in [7, 11) is 3.41. The lowest BCUT2D eigenvalue weighted by atomic mass is 10.2. The Morgan fingerprint density at radius 1 is 1.30 bits per heavy atom. The number of hydrogen-bond donors (Lipinski definition) is 2. The lowest BCUT2D eigenvalue weighted by Gasteiger charge is -2.15. The van der Waals surface area contributed by atoms with Gasteiger partial charge in [0.1, 0.15) is 0 Å². The Labute approximate surface area is 121 Å². The van der Waals surface area contributed by atoms with Crippen LogP contribution in [-0.4, -0.2) is 32.8 Å². The molecule has 0 saturated heterocycles. The molecule has 0 atom stereocenters. The summed E-state index contributed by atoms with van der Waals surface area (Å²) < 4.78 is 10.8. The third kappa shape index (κ3) is 4.99. The van der Waals surface area contributed by atoms with E-state index in [-0.39, 0.29) is 0 Å². The van der Waals surface area contributed by atoms with Crippen LogP contribution < -0.4 is 20.1 Å². The van der Waals surface area contributed by atoms with Crippen molar-refractivity contribution in [3.8, 4) is 11.5 Å². The van der Waals surface area contributed by atoms with E-state index in [1.807, 2.05) is 25.1 Å². The Hall–Kier alpha value is -1.91. The molecule has 1 aromatic carbocycles. The highest BCUT2D eigenvalue weighted by molar-refractivity contribution is 5.79. The first kappa shape index (κ1) is 16.1. The summed E-state index contributed by atoms with van der Waals surface area (Å²) >= 11 is 0. The summed E-state index contributed by atoms with van der Waals surface area (Å²) in [4.78, 5) is 4.17. The summed E-state index contributed by atoms with van der Waals surface area (Å²) in [5, 5.41) is 6.51. The van der Waals surface area contributed by atoms with Crippen LogP contribution in [-0.2, 0) is 6.54 Å². The predicted octanol–water partition coefficient (Wildman–Crippen LogP) is 2.17. The number of ether oxygens (including phenoxy) is 2. The molecular weight excluding hydrogens is 254 g/mol. The maximum atomic E-state index is 5.50. The topological polar surface area (TPSA) is 54.9 Å². The summed E-state index contributed by atoms with van der Waals surface area (Å²) in [6, 6.07) is 6.26. The minimum Gasteiger partial charge on any atom is -0.493 e. The van der Waals surface area contributed by atoms with E-state index in [1.54, 1.807) is 14.2 Å². The minimum atomic E-state index is 0.344. The van der Waals surface area contributed by atoms with Gasteiger partial charge >= 0.3 is 0 Å². The molecule has 0 aromatic heterocycles. The first-order valence-electron chi connectivity index (χ1n) is 6.87. The predicted molar refractivity (Wildman–Crippen MR) is 82.6 cm³/mol. The molecule has 0 aliphatic carbocycles. The second-order valence-electron chi connectivity index (χ2n) is 4.64. The third-order valence-corrected chi connectivity index (χ3v) is 2.64. The molecule has 0 spiro atoms. The number of rotatable bonds is 6. The van der Waals surface area contributed by atoms with Crippen LogP contribution in [0.3, 0.4) is 0 Å². The fraction of sp³-hybridized carbons (Fsp3) is 0.533. The Morgan fingerprint density at radius 2 is 2.05 bits per heavy atom. The zero-order chi connectivity index (χ0) is 15.0. The van der Waals surface area contributed by atoms with E-state index in [9.17, 15) is 0 Å². The molecule has 0 aliphatic heterocycles. The van der Waals surface area contributed by atoms with E-state index in [0.717, 1.165) is 23.0 Å². The number of guanidine groups is 1. The Bertz CT molecular complexity index is 445. The van der Waals surface area contributed by atoms with Crippen molar-refractivity contribution in [3.05, 3.63) is 23.8 Å². The number of benzene rings is 1. The Kier molecular flexibility index (Phi) is 6.70. The van der Waals surface area contributed by atoms with Crippen molar-refractivity contribution in [1.82, 2.24) is 10.6 Å². The fourth-order valence-corrected chi connectivity index (χ4v) is 1.75. The smallest absolute Gasteiger partial charge is 0.191 e. The van der Waals surface area contributed by atoms with Crippen LogP contribution in [0.15, 0.2) is 23.2 Å². The SMILES string of the molecule is CCOc1ccc(CNC(=NC)NC(C)C)cc1OC. The van der Waals surface area contributed by atoms with Crippen LogP contribution in [0.2, 0.25) is 0 Å². The highest BCUT2D eigenvalue weighted by atomic mass is 16.5. The number of hydrogen-bond acceptors (Lipinski definition) is 3. The van der Waals surface area contributed by atoms with E-state index in [1.165, 1.54) is 0 Å². The number of nitrogens with zero attached hydrogens (tertiary/aromatic N) is 1. The number of methoxy groups -OCH3 is 1. The standard InChI is InChI=1S/C15H25N3O2/c1-6-20-13-8-7-12(9-14(13)19-5)10-17-15(16-4)18-11(2)3/h7-9,11H,6,10H2,1-5H3,(H2,16,17,18). The van der Waals surface area contributed by atoms with E-state index >= 15 is 0 Å². The van der Waals surface area contributed by atoms with E-state index in [0.29, 0.717) is 19.2 Å². The van der Waals surface area contributed by atoms with Crippen molar-refractivity contribution in [3.63, 3.8) is 0 Å². The van der Waals surface area contributed by atoms with Gasteiger partial charge in [0.25, 0.3) is 0 Å². The van der Waals surface area contributed by atoms with Crippen LogP contribution in [0.5, 0.6) is 11.5 Å². The molecule has 5 heteroatoms. The van der Waals surface area contributed by atoms with Gasteiger partial charge in [0.2, 0.25) is 0 Å². The van der Waals surface area contributed by atoms with Gasteiger partial charge < -0.3 is 20.1 Å². The van der Waals surface area contributed by atoms with Gasteiger partial charge in [0, 0.05) is 19.6 Å². The van der Waals surface area contributed by atoms with Crippen molar-refractivity contribution in [1.29, 1.82) is 0 Å². The maximum absolute atomic E-state index is 5.50. The highest BCUT2D eigenvalue weighted by Crippen LogP contribution is 2.27. The van der Waals surface area contributed by atoms with Crippen molar-refractivity contribution in [2.75, 3.05) is 20.8 Å². The normalized spacial score (nSPS) is 11.4. The van der Waals surface area contributed by atoms with Gasteiger partial charge in [0.05, 0.1) is 13.7 Å². The fourth-order valence-electron chi connectivity index (χ4n) is 1.75. The van der Waals surface area contributed by atoms with Crippen LogP contribution >= 0.6 is 0 Å². The van der Waals surface area contributed by atoms with Gasteiger partial charge in [-0.25, -0.2) is 0 Å². The molecule has 0 unspecified atom stereocenters. The Balaban J connectivity index is 2.68. The van der Waals surface area contributed by atoms with Gasteiger partial charge in [-0.15, -0.1) is 0 Å². The average molecular weight is 279 g/mol. The molecular formula is C15H25N3O2. The molecule has 0 aliphatic rings. The molecule has 0 radical (unpaired) electrons. The zero-order valence-electron chi connectivity index (χ0n) is 13.0. The second kappa shape index (κ2) is 8.30. The molecule has 20 heavy (non-hydrogen) atoms. The van der Waals surface area contributed by atoms with Gasteiger partial charge in [-0.2, -0.15) is 0 Å². The van der Waals surface area contributed by atoms with Crippen LogP contribution in [0.25, 0.3) is 0 Å². The van der Waals surface area contributed by atoms with E-state index in [2.05, 4.69) is 29.5 Å². The molecule has 0 amide bonds. The van der Waals surface area contributed by atoms with Crippen LogP contribution in [0.1, 0.15) is 26.3 Å². The molecule has 0 bridgehead atoms. The second-order valence-corrected chi connectivity index (χ2v) is 4.64. The average Bonchev–Trinajstić information content (AvgIpc) is 2.44. The first-order chi connectivity index (χ1) is 9.60. The van der Waals surface area contributed by atoms with Crippen molar-refractivity contribution >= 4 is 5.96 Å². The highest BCUT2D eigenvalue weighted by Gasteiger charge is 2.06. The van der Waals surface area contributed by atoms with Gasteiger partial charge in [-0.3, -0.25) is 4.99 Å². The van der Waals surface area contributed by atoms with Crippen LogP contribution in [0, 0.1) is 0 Å². The van der Waals surface area contributed by atoms with Gasteiger partial charge in [0.15, 0.2) is 17.5 Å². The lowest BCUT2D eigenvalue weighted by Crippen LogP contribution is -2.40. The molecule has 112 valence electrons. The van der Waals surface area contributed by atoms with E-state index < -0.39 is 0 Å². The summed E-state index contributed by atoms with van der Waals surface area (Å²) in [6.07, 6.45) is 0. The molecule has 1 aromatic rings. The molecule has 1 rings (SSSR count). The van der Waals surface area contributed by atoms with Gasteiger partial charge in [-0.05, 0) is 38.5 Å². The molecule has 2 N–H and O–H groups in total. The minimum absolute atomic E-state index is 0.344. The van der Waals surface area contributed by atoms with E-state index in [4.69, 9.17) is 9.47 Å². The zero-order valence-corrected chi connectivity index (χ0v) is 13.0. The van der Waals surface area contributed by atoms with Crippen molar-refractivity contribution < 1.29 is 9.47 Å². The summed E-state index contributed by atoms with van der Waals surface area (Å²) in [6.45, 7) is 7.41. The maximum Gasteiger partial charge on any atom is 0.191 e. The molecule has 0 fully saturated rings. The van der Waals surface area contributed by atoms with Gasteiger partial charge in [-0.1, -0.05) is 6.07 Å². The monoisotopic (exact) mass is 279 g/mol. The number of nitrogens with one attached hydrogen (secondary N) is 2. The van der Waals surface area contributed by atoms with Crippen molar-refractivity contribution in [2.24, 2.45) is 4.99 Å². The summed E-state index contributed by atoms with van der Waals surface area (Å²) in [5.74, 6) is 2.30.